The summed E-state index contributed by atoms with van der Waals surface area (Å²) in [6.45, 7) is 0. The maximum atomic E-state index is 11.6. The molecule has 3 nitrogen and oxygen atoms in total. The summed E-state index contributed by atoms with van der Waals surface area (Å²) in [5, 5.41) is 12.4. The predicted molar refractivity (Wildman–Crippen MR) is 70.7 cm³/mol. The van der Waals surface area contributed by atoms with Crippen LogP contribution >= 0.6 is 11.8 Å². The summed E-state index contributed by atoms with van der Waals surface area (Å²) in [5.74, 6) is 1.33. The molecular weight excluding hydrogens is 234 g/mol. The van der Waals surface area contributed by atoms with Gasteiger partial charge in [-0.3, -0.25) is 4.79 Å². The van der Waals surface area contributed by atoms with Gasteiger partial charge in [0.1, 0.15) is 0 Å². The summed E-state index contributed by atoms with van der Waals surface area (Å²) >= 11 is 1.66. The van der Waals surface area contributed by atoms with E-state index in [1.54, 1.807) is 17.8 Å². The van der Waals surface area contributed by atoms with Gasteiger partial charge in [-0.15, -0.1) is 0 Å². The van der Waals surface area contributed by atoms with Crippen molar-refractivity contribution in [1.82, 2.24) is 5.32 Å². The van der Waals surface area contributed by atoms with Crippen LogP contribution in [0.5, 0.6) is 0 Å². The van der Waals surface area contributed by atoms with Crippen LogP contribution in [0.15, 0.2) is 36.4 Å². The summed E-state index contributed by atoms with van der Waals surface area (Å²) in [5.41, 5.74) is 0.990. The molecule has 0 spiro atoms. The maximum Gasteiger partial charge on any atom is 0.244 e. The molecule has 1 aromatic carbocycles. The van der Waals surface area contributed by atoms with Crippen molar-refractivity contribution >= 4 is 23.7 Å². The molecule has 1 saturated heterocycles. The number of hydrogen-bond donors (Lipinski definition) is 2. The molecule has 1 aromatic rings. The second-order valence-corrected chi connectivity index (χ2v) is 5.04. The molecule has 2 atom stereocenters. The zero-order chi connectivity index (χ0) is 12.1. The van der Waals surface area contributed by atoms with Crippen molar-refractivity contribution in [2.75, 3.05) is 11.5 Å². The highest BCUT2D eigenvalue weighted by atomic mass is 32.2. The predicted octanol–water partition coefficient (Wildman–Crippen LogP) is 1.29. The van der Waals surface area contributed by atoms with Crippen LogP contribution in [0.4, 0.5) is 0 Å². The van der Waals surface area contributed by atoms with Crippen molar-refractivity contribution in [3.05, 3.63) is 42.0 Å². The fourth-order valence-corrected chi connectivity index (χ4v) is 2.82. The quantitative estimate of drug-likeness (QED) is 0.794. The van der Waals surface area contributed by atoms with Crippen molar-refractivity contribution in [3.8, 4) is 0 Å². The average molecular weight is 249 g/mol. The topological polar surface area (TPSA) is 49.3 Å². The first-order chi connectivity index (χ1) is 8.25. The zero-order valence-corrected chi connectivity index (χ0v) is 10.2. The van der Waals surface area contributed by atoms with Crippen LogP contribution in [0.25, 0.3) is 6.08 Å². The van der Waals surface area contributed by atoms with E-state index in [2.05, 4.69) is 5.32 Å². The first-order valence-corrected chi connectivity index (χ1v) is 6.70. The molecule has 1 heterocycles. The van der Waals surface area contributed by atoms with Crippen LogP contribution in [-0.2, 0) is 4.79 Å². The molecule has 1 aliphatic heterocycles. The Labute approximate surface area is 105 Å². The molecule has 2 N–H and O–H groups in total. The number of aliphatic hydroxyl groups excluding tert-OH is 1. The third-order valence-corrected chi connectivity index (χ3v) is 3.78. The van der Waals surface area contributed by atoms with E-state index < -0.39 is 6.10 Å². The van der Waals surface area contributed by atoms with Gasteiger partial charge in [0.15, 0.2) is 0 Å². The first kappa shape index (κ1) is 12.2. The number of carbonyl (C=O) groups is 1. The van der Waals surface area contributed by atoms with Crippen LogP contribution < -0.4 is 5.32 Å². The summed E-state index contributed by atoms with van der Waals surface area (Å²) in [4.78, 5) is 11.6. The number of aliphatic hydroxyl groups is 1. The number of rotatable bonds is 3. The molecule has 0 aromatic heterocycles. The second kappa shape index (κ2) is 5.89. The van der Waals surface area contributed by atoms with Gasteiger partial charge < -0.3 is 10.4 Å². The highest BCUT2D eigenvalue weighted by Crippen LogP contribution is 2.17. The lowest BCUT2D eigenvalue weighted by molar-refractivity contribution is -0.117. The Balaban J connectivity index is 1.87. The Hall–Kier alpha value is -1.26. The lowest BCUT2D eigenvalue weighted by Gasteiger charge is -2.13. The van der Waals surface area contributed by atoms with Gasteiger partial charge in [0.05, 0.1) is 12.1 Å². The molecule has 1 fully saturated rings. The van der Waals surface area contributed by atoms with E-state index in [-0.39, 0.29) is 11.9 Å². The fraction of sp³-hybridized carbons (Fsp3) is 0.308. The number of carbonyl (C=O) groups excluding carboxylic acids is 1. The Kier molecular flexibility index (Phi) is 4.23. The fourth-order valence-electron chi connectivity index (χ4n) is 1.65. The van der Waals surface area contributed by atoms with E-state index in [1.165, 1.54) is 6.08 Å². The second-order valence-electron chi connectivity index (χ2n) is 3.96. The highest BCUT2D eigenvalue weighted by Gasteiger charge is 2.26. The van der Waals surface area contributed by atoms with E-state index in [0.717, 1.165) is 11.3 Å². The first-order valence-electron chi connectivity index (χ1n) is 5.55. The third-order valence-electron chi connectivity index (χ3n) is 2.60. The van der Waals surface area contributed by atoms with E-state index in [4.69, 9.17) is 0 Å². The van der Waals surface area contributed by atoms with E-state index in [0.29, 0.717) is 5.75 Å². The van der Waals surface area contributed by atoms with Crippen molar-refractivity contribution in [2.45, 2.75) is 12.1 Å². The van der Waals surface area contributed by atoms with Gasteiger partial charge in [-0.2, -0.15) is 11.8 Å². The monoisotopic (exact) mass is 249 g/mol. The van der Waals surface area contributed by atoms with Gasteiger partial charge in [-0.25, -0.2) is 0 Å². The molecule has 1 aliphatic rings. The minimum absolute atomic E-state index is 0.118. The van der Waals surface area contributed by atoms with Crippen LogP contribution in [0.3, 0.4) is 0 Å². The molecule has 0 radical (unpaired) electrons. The molecule has 4 heteroatoms. The number of benzene rings is 1. The Bertz CT molecular complexity index is 405. The van der Waals surface area contributed by atoms with E-state index in [1.807, 2.05) is 30.3 Å². The molecule has 0 saturated carbocycles. The molecule has 1 amide bonds. The van der Waals surface area contributed by atoms with Gasteiger partial charge in [-0.05, 0) is 11.6 Å². The molecule has 0 bridgehead atoms. The number of nitrogens with one attached hydrogen (secondary N) is 1. The Morgan fingerprint density at radius 2 is 2.12 bits per heavy atom. The SMILES string of the molecule is O=C(/C=C/c1ccccc1)N[C@@H]1CSC[C@@H]1O. The lowest BCUT2D eigenvalue weighted by Crippen LogP contribution is -2.41. The summed E-state index contributed by atoms with van der Waals surface area (Å²) in [7, 11) is 0. The smallest absolute Gasteiger partial charge is 0.244 e. The van der Waals surface area contributed by atoms with Crippen molar-refractivity contribution < 1.29 is 9.90 Å². The number of hydrogen-bond acceptors (Lipinski definition) is 3. The summed E-state index contributed by atoms with van der Waals surface area (Å²) in [6, 6.07) is 9.54. The van der Waals surface area contributed by atoms with Gasteiger partial charge >= 0.3 is 0 Å². The molecular formula is C13H15NO2S. The van der Waals surface area contributed by atoms with Crippen molar-refractivity contribution in [2.24, 2.45) is 0 Å². The van der Waals surface area contributed by atoms with Crippen LogP contribution in [0.1, 0.15) is 5.56 Å². The van der Waals surface area contributed by atoms with Crippen LogP contribution in [0.2, 0.25) is 0 Å². The molecule has 0 unspecified atom stereocenters. The minimum atomic E-state index is -0.422. The normalized spacial score (nSPS) is 24.1. The minimum Gasteiger partial charge on any atom is -0.390 e. The van der Waals surface area contributed by atoms with Gasteiger partial charge in [0.2, 0.25) is 5.91 Å². The maximum absolute atomic E-state index is 11.6. The number of thioether (sulfide) groups is 1. The Morgan fingerprint density at radius 1 is 1.35 bits per heavy atom. The lowest BCUT2D eigenvalue weighted by atomic mass is 10.2. The van der Waals surface area contributed by atoms with Crippen molar-refractivity contribution in [3.63, 3.8) is 0 Å². The molecule has 0 aliphatic carbocycles. The molecule has 90 valence electrons. The van der Waals surface area contributed by atoms with Gasteiger partial charge in [-0.1, -0.05) is 30.3 Å². The van der Waals surface area contributed by atoms with Crippen LogP contribution in [-0.4, -0.2) is 34.7 Å². The summed E-state index contributed by atoms with van der Waals surface area (Å²) in [6.07, 6.45) is 2.85. The molecule has 17 heavy (non-hydrogen) atoms. The average Bonchev–Trinajstić information content (AvgIpc) is 2.74. The van der Waals surface area contributed by atoms with E-state index >= 15 is 0 Å². The number of amides is 1. The van der Waals surface area contributed by atoms with Gasteiger partial charge in [0, 0.05) is 17.6 Å². The van der Waals surface area contributed by atoms with Crippen LogP contribution in [0, 0.1) is 0 Å². The highest BCUT2D eigenvalue weighted by molar-refractivity contribution is 7.99. The standard InChI is InChI=1S/C13H15NO2S/c15-12-9-17-8-11(12)14-13(16)7-6-10-4-2-1-3-5-10/h1-7,11-12,15H,8-9H2,(H,14,16)/b7-6+/t11-,12+/m1/s1. The largest absolute Gasteiger partial charge is 0.390 e. The van der Waals surface area contributed by atoms with E-state index in [9.17, 15) is 9.90 Å². The summed E-state index contributed by atoms with van der Waals surface area (Å²) < 4.78 is 0. The zero-order valence-electron chi connectivity index (χ0n) is 9.37. The third kappa shape index (κ3) is 3.61. The molecule has 2 rings (SSSR count). The Morgan fingerprint density at radius 3 is 2.76 bits per heavy atom. The van der Waals surface area contributed by atoms with Crippen molar-refractivity contribution in [1.29, 1.82) is 0 Å². The van der Waals surface area contributed by atoms with Gasteiger partial charge in [0.25, 0.3) is 0 Å².